The van der Waals surface area contributed by atoms with Crippen LogP contribution in [0.5, 0.6) is 0 Å². The molecule has 0 radical (unpaired) electrons. The van der Waals surface area contributed by atoms with Crippen LogP contribution in [0.1, 0.15) is 11.5 Å². The van der Waals surface area contributed by atoms with Gasteiger partial charge in [-0.2, -0.15) is 0 Å². The lowest BCUT2D eigenvalue weighted by molar-refractivity contribution is 0.428. The summed E-state index contributed by atoms with van der Waals surface area (Å²) < 4.78 is 28.2. The zero-order valence-corrected chi connectivity index (χ0v) is 14.4. The van der Waals surface area contributed by atoms with E-state index in [0.717, 1.165) is 28.4 Å². The molecule has 0 aliphatic rings. The fourth-order valence-electron chi connectivity index (χ4n) is 2.15. The van der Waals surface area contributed by atoms with E-state index in [1.165, 1.54) is 17.8 Å². The van der Waals surface area contributed by atoms with Crippen molar-refractivity contribution in [3.05, 3.63) is 53.9 Å². The van der Waals surface area contributed by atoms with E-state index in [2.05, 4.69) is 9.97 Å². The zero-order chi connectivity index (χ0) is 16.4. The highest BCUT2D eigenvalue weighted by Gasteiger charge is 2.14. The van der Waals surface area contributed by atoms with Gasteiger partial charge < -0.3 is 9.40 Å². The average molecular weight is 348 g/mol. The Bertz CT molecular complexity index is 912. The third-order valence-corrected chi connectivity index (χ3v) is 5.11. The molecular weight excluding hydrogens is 332 g/mol. The quantitative estimate of drug-likeness (QED) is 0.712. The lowest BCUT2D eigenvalue weighted by atomic mass is 10.1. The van der Waals surface area contributed by atoms with Gasteiger partial charge in [-0.15, -0.1) is 0 Å². The number of aromatic amines is 1. The normalized spacial score (nSPS) is 11.7. The van der Waals surface area contributed by atoms with E-state index in [1.54, 1.807) is 6.07 Å². The first-order valence-electron chi connectivity index (χ1n) is 6.97. The minimum absolute atomic E-state index is 0.00583. The summed E-state index contributed by atoms with van der Waals surface area (Å²) in [6, 6.07) is 13.1. The Morgan fingerprint density at radius 2 is 1.91 bits per heavy atom. The van der Waals surface area contributed by atoms with Crippen LogP contribution in [0.4, 0.5) is 0 Å². The second-order valence-corrected chi connectivity index (χ2v) is 8.07. The first-order chi connectivity index (χ1) is 10.9. The predicted octanol–water partition coefficient (Wildman–Crippen LogP) is 3.67. The summed E-state index contributed by atoms with van der Waals surface area (Å²) in [6.45, 7) is 1.98. The van der Waals surface area contributed by atoms with Crippen molar-refractivity contribution in [2.75, 3.05) is 6.26 Å². The molecule has 0 saturated heterocycles. The van der Waals surface area contributed by atoms with Crippen LogP contribution in [0.3, 0.4) is 0 Å². The predicted molar refractivity (Wildman–Crippen MR) is 90.1 cm³/mol. The Balaban J connectivity index is 1.73. The van der Waals surface area contributed by atoms with E-state index in [9.17, 15) is 8.42 Å². The molecule has 2 aromatic heterocycles. The summed E-state index contributed by atoms with van der Waals surface area (Å²) in [7, 11) is -3.30. The molecule has 0 spiro atoms. The topological polar surface area (TPSA) is 76.0 Å². The highest BCUT2D eigenvalue weighted by Crippen LogP contribution is 2.27. The first kappa shape index (κ1) is 15.9. The number of rotatable bonds is 5. The third-order valence-electron chi connectivity index (χ3n) is 3.26. The Hall–Kier alpha value is -1.99. The number of aryl methyl sites for hydroxylation is 1. The van der Waals surface area contributed by atoms with E-state index in [1.807, 2.05) is 37.3 Å². The van der Waals surface area contributed by atoms with Gasteiger partial charge >= 0.3 is 0 Å². The monoisotopic (exact) mass is 348 g/mol. The van der Waals surface area contributed by atoms with Crippen molar-refractivity contribution in [2.45, 2.75) is 22.9 Å². The summed E-state index contributed by atoms with van der Waals surface area (Å²) in [5.41, 5.74) is 2.98. The minimum Gasteiger partial charge on any atom is -0.449 e. The molecule has 0 unspecified atom stereocenters. The van der Waals surface area contributed by atoms with Gasteiger partial charge in [0, 0.05) is 17.5 Å². The molecule has 7 heteroatoms. The highest BCUT2D eigenvalue weighted by atomic mass is 32.2. The number of imidazole rings is 1. The summed E-state index contributed by atoms with van der Waals surface area (Å²) in [4.78, 5) is 7.84. The molecular formula is C16H16N2O3S2. The van der Waals surface area contributed by atoms with Crippen molar-refractivity contribution in [2.24, 2.45) is 0 Å². The molecule has 5 nitrogen and oxygen atoms in total. The number of hydrogen-bond acceptors (Lipinski definition) is 5. The maximum absolute atomic E-state index is 11.4. The number of sulfone groups is 1. The highest BCUT2D eigenvalue weighted by molar-refractivity contribution is 7.98. The van der Waals surface area contributed by atoms with Crippen LogP contribution in [0.15, 0.2) is 57.1 Å². The van der Waals surface area contributed by atoms with Crippen molar-refractivity contribution in [3.8, 4) is 11.3 Å². The Kier molecular flexibility index (Phi) is 4.32. The molecule has 23 heavy (non-hydrogen) atoms. The summed E-state index contributed by atoms with van der Waals surface area (Å²) in [5.74, 6) is 1.11. The lowest BCUT2D eigenvalue weighted by Crippen LogP contribution is -1.93. The van der Waals surface area contributed by atoms with Crippen molar-refractivity contribution in [1.29, 1.82) is 0 Å². The Labute approximate surface area is 139 Å². The summed E-state index contributed by atoms with van der Waals surface area (Å²) in [5, 5.41) is 0.771. The number of nitrogens with zero attached hydrogens (tertiary/aromatic N) is 1. The molecule has 0 fully saturated rings. The zero-order valence-electron chi connectivity index (χ0n) is 12.7. The lowest BCUT2D eigenvalue weighted by Gasteiger charge is -1.96. The van der Waals surface area contributed by atoms with Gasteiger partial charge in [0.1, 0.15) is 5.76 Å². The van der Waals surface area contributed by atoms with Crippen molar-refractivity contribution < 1.29 is 12.8 Å². The number of furan rings is 1. The molecule has 0 aliphatic carbocycles. The van der Waals surface area contributed by atoms with Crippen LogP contribution in [0, 0.1) is 6.92 Å². The van der Waals surface area contributed by atoms with Crippen LogP contribution in [0.25, 0.3) is 11.3 Å². The number of benzene rings is 1. The van der Waals surface area contributed by atoms with E-state index in [-0.39, 0.29) is 5.09 Å². The van der Waals surface area contributed by atoms with Crippen LogP contribution in [-0.2, 0) is 15.6 Å². The van der Waals surface area contributed by atoms with Crippen molar-refractivity contribution >= 4 is 21.6 Å². The standard InChI is InChI=1S/C16H16N2O3S2/c1-11-15(12-6-4-3-5-7-12)18-16(17-11)22-10-13-8-9-14(21-13)23(2,19)20/h3-9H,10H2,1-2H3,(H,17,18). The molecule has 0 bridgehead atoms. The fraction of sp³-hybridized carbons (Fsp3) is 0.188. The van der Waals surface area contributed by atoms with Crippen LogP contribution >= 0.6 is 11.8 Å². The van der Waals surface area contributed by atoms with Crippen molar-refractivity contribution in [1.82, 2.24) is 9.97 Å². The Morgan fingerprint density at radius 3 is 2.57 bits per heavy atom. The second-order valence-electron chi connectivity index (χ2n) is 5.16. The van der Waals surface area contributed by atoms with Gasteiger partial charge in [-0.1, -0.05) is 42.1 Å². The molecule has 120 valence electrons. The SMILES string of the molecule is Cc1[nH]c(SCc2ccc(S(C)(=O)=O)o2)nc1-c1ccccc1. The largest absolute Gasteiger partial charge is 0.449 e. The molecule has 0 atom stereocenters. The van der Waals surface area contributed by atoms with Gasteiger partial charge in [0.15, 0.2) is 5.16 Å². The molecule has 1 N–H and O–H groups in total. The van der Waals surface area contributed by atoms with Crippen molar-refractivity contribution in [3.63, 3.8) is 0 Å². The van der Waals surface area contributed by atoms with Gasteiger partial charge in [-0.25, -0.2) is 13.4 Å². The minimum atomic E-state index is -3.30. The van der Waals surface area contributed by atoms with Gasteiger partial charge in [0.25, 0.3) is 0 Å². The smallest absolute Gasteiger partial charge is 0.217 e. The van der Waals surface area contributed by atoms with Gasteiger partial charge in [-0.05, 0) is 19.1 Å². The molecule has 0 amide bonds. The number of aromatic nitrogens is 2. The molecule has 2 heterocycles. The third kappa shape index (κ3) is 3.68. The number of hydrogen-bond donors (Lipinski definition) is 1. The second kappa shape index (κ2) is 6.25. The number of nitrogens with one attached hydrogen (secondary N) is 1. The van der Waals surface area contributed by atoms with E-state index >= 15 is 0 Å². The first-order valence-corrected chi connectivity index (χ1v) is 9.85. The van der Waals surface area contributed by atoms with E-state index < -0.39 is 9.84 Å². The van der Waals surface area contributed by atoms with E-state index in [0.29, 0.717) is 11.5 Å². The van der Waals surface area contributed by atoms with E-state index in [4.69, 9.17) is 4.42 Å². The summed E-state index contributed by atoms with van der Waals surface area (Å²) in [6.07, 6.45) is 1.13. The average Bonchev–Trinajstić information content (AvgIpc) is 3.12. The van der Waals surface area contributed by atoms with Gasteiger partial charge in [-0.3, -0.25) is 0 Å². The van der Waals surface area contributed by atoms with Crippen LogP contribution in [-0.4, -0.2) is 24.6 Å². The maximum Gasteiger partial charge on any atom is 0.217 e. The molecule has 0 saturated carbocycles. The Morgan fingerprint density at radius 1 is 1.17 bits per heavy atom. The molecule has 3 aromatic rings. The van der Waals surface area contributed by atoms with Gasteiger partial charge in [0.05, 0.1) is 11.4 Å². The molecule has 0 aliphatic heterocycles. The van der Waals surface area contributed by atoms with Crippen LogP contribution in [0.2, 0.25) is 0 Å². The maximum atomic E-state index is 11.4. The molecule has 3 rings (SSSR count). The fourth-order valence-corrected chi connectivity index (χ4v) is 3.54. The summed E-state index contributed by atoms with van der Waals surface area (Å²) >= 11 is 1.47. The number of thioether (sulfide) groups is 1. The number of H-pyrrole nitrogens is 1. The van der Waals surface area contributed by atoms with Gasteiger partial charge in [0.2, 0.25) is 14.9 Å². The molecule has 1 aromatic carbocycles. The van der Waals surface area contributed by atoms with Crippen LogP contribution < -0.4 is 0 Å².